The van der Waals surface area contributed by atoms with Gasteiger partial charge in [-0.25, -0.2) is 4.79 Å². The first-order valence-electron chi connectivity index (χ1n) is 8.42. The number of ether oxygens (including phenoxy) is 1. The van der Waals surface area contributed by atoms with Crippen LogP contribution in [0.2, 0.25) is 0 Å². The molecule has 3 amide bonds. The molecule has 0 saturated carbocycles. The molecule has 0 aliphatic rings. The maximum atomic E-state index is 11.9. The van der Waals surface area contributed by atoms with Gasteiger partial charge in [-0.05, 0) is 18.9 Å². The van der Waals surface area contributed by atoms with Crippen LogP contribution in [0.25, 0.3) is 0 Å². The summed E-state index contributed by atoms with van der Waals surface area (Å²) in [7, 11) is 0. The molecule has 146 valence electrons. The van der Waals surface area contributed by atoms with Crippen molar-refractivity contribution >= 4 is 17.9 Å². The van der Waals surface area contributed by atoms with E-state index in [1.807, 2.05) is 24.3 Å². The molecule has 1 aromatic rings. The normalized spacial score (nSPS) is 13.5. The zero-order valence-corrected chi connectivity index (χ0v) is 15.1. The van der Waals surface area contributed by atoms with E-state index in [0.717, 1.165) is 5.56 Å². The molecule has 3 atom stereocenters. The highest BCUT2D eigenvalue weighted by Crippen LogP contribution is 2.05. The molecule has 0 bridgehead atoms. The van der Waals surface area contributed by atoms with Crippen LogP contribution in [0.4, 0.5) is 4.79 Å². The number of carbonyl (C=O) groups excluding carboxylic acids is 3. The van der Waals surface area contributed by atoms with Crippen molar-refractivity contribution in [2.75, 3.05) is 6.54 Å². The number of nitriles is 1. The maximum Gasteiger partial charge on any atom is 0.407 e. The van der Waals surface area contributed by atoms with Gasteiger partial charge < -0.3 is 26.2 Å². The van der Waals surface area contributed by atoms with E-state index >= 15 is 0 Å². The fourth-order valence-corrected chi connectivity index (χ4v) is 2.17. The van der Waals surface area contributed by atoms with Gasteiger partial charge in [0.2, 0.25) is 11.8 Å². The third kappa shape index (κ3) is 9.23. The van der Waals surface area contributed by atoms with Crippen LogP contribution in [0, 0.1) is 17.2 Å². The molecule has 0 fully saturated rings. The SMILES string of the molecule is C[C@H](C#N)C[C@H](NC(=O)C[C@@H](O)CNC(=O)OCc1ccccc1)C(N)=O. The Morgan fingerprint density at radius 1 is 1.30 bits per heavy atom. The summed E-state index contributed by atoms with van der Waals surface area (Å²) in [5.74, 6) is -1.84. The zero-order chi connectivity index (χ0) is 20.2. The van der Waals surface area contributed by atoms with E-state index in [2.05, 4.69) is 10.6 Å². The largest absolute Gasteiger partial charge is 0.445 e. The summed E-state index contributed by atoms with van der Waals surface area (Å²) in [6, 6.07) is 10.0. The standard InChI is InChI=1S/C18H24N4O5/c1-12(9-19)7-15(17(20)25)22-16(24)8-14(23)10-21-18(26)27-11-13-5-3-2-4-6-13/h2-6,12,14-15,23H,7-8,10-11H2,1H3,(H2,20,25)(H,21,26)(H,22,24)/t12-,14+,15-/m0/s1. The van der Waals surface area contributed by atoms with Gasteiger partial charge in [0.25, 0.3) is 0 Å². The van der Waals surface area contributed by atoms with Gasteiger partial charge in [0.15, 0.2) is 0 Å². The van der Waals surface area contributed by atoms with Gasteiger partial charge in [0.05, 0.1) is 18.6 Å². The molecule has 1 rings (SSSR count). The van der Waals surface area contributed by atoms with Crippen LogP contribution in [-0.2, 0) is 20.9 Å². The lowest BCUT2D eigenvalue weighted by molar-refractivity contribution is -0.128. The highest BCUT2D eigenvalue weighted by Gasteiger charge is 2.22. The molecule has 5 N–H and O–H groups in total. The lowest BCUT2D eigenvalue weighted by Gasteiger charge is -2.18. The number of carbonyl (C=O) groups is 3. The number of benzene rings is 1. The number of rotatable bonds is 10. The Labute approximate surface area is 157 Å². The van der Waals surface area contributed by atoms with E-state index in [9.17, 15) is 19.5 Å². The van der Waals surface area contributed by atoms with Crippen LogP contribution >= 0.6 is 0 Å². The number of alkyl carbamates (subject to hydrolysis) is 1. The smallest absolute Gasteiger partial charge is 0.407 e. The molecule has 27 heavy (non-hydrogen) atoms. The molecule has 0 saturated heterocycles. The Bertz CT molecular complexity index is 674. The summed E-state index contributed by atoms with van der Waals surface area (Å²) in [6.45, 7) is 1.49. The van der Waals surface area contributed by atoms with Crippen molar-refractivity contribution in [2.24, 2.45) is 11.7 Å². The third-order valence-electron chi connectivity index (χ3n) is 3.60. The van der Waals surface area contributed by atoms with E-state index in [1.165, 1.54) is 0 Å². The predicted octanol–water partition coefficient (Wildman–Crippen LogP) is 0.184. The monoisotopic (exact) mass is 376 g/mol. The number of hydrogen-bond donors (Lipinski definition) is 4. The minimum absolute atomic E-state index is 0.0811. The summed E-state index contributed by atoms with van der Waals surface area (Å²) >= 11 is 0. The first kappa shape index (κ1) is 21.9. The van der Waals surface area contributed by atoms with Crippen LogP contribution in [0.5, 0.6) is 0 Å². The van der Waals surface area contributed by atoms with E-state index < -0.39 is 36.0 Å². The van der Waals surface area contributed by atoms with Gasteiger partial charge in [0, 0.05) is 12.5 Å². The Balaban J connectivity index is 2.32. The number of nitrogens with zero attached hydrogens (tertiary/aromatic N) is 1. The molecule has 0 unspecified atom stereocenters. The second-order valence-corrected chi connectivity index (χ2v) is 6.09. The molecule has 9 nitrogen and oxygen atoms in total. The van der Waals surface area contributed by atoms with Gasteiger partial charge in [-0.1, -0.05) is 30.3 Å². The number of aliphatic hydroxyl groups is 1. The van der Waals surface area contributed by atoms with Crippen LogP contribution in [0.15, 0.2) is 30.3 Å². The summed E-state index contributed by atoms with van der Waals surface area (Å²) in [5, 5.41) is 23.3. The maximum absolute atomic E-state index is 11.9. The van der Waals surface area contributed by atoms with Crippen molar-refractivity contribution in [1.29, 1.82) is 5.26 Å². The lowest BCUT2D eigenvalue weighted by atomic mass is 10.0. The number of primary amides is 1. The number of aliphatic hydroxyl groups excluding tert-OH is 1. The average Bonchev–Trinajstić information content (AvgIpc) is 2.64. The van der Waals surface area contributed by atoms with E-state index in [-0.39, 0.29) is 26.0 Å². The van der Waals surface area contributed by atoms with Crippen LogP contribution in [-0.4, -0.2) is 41.7 Å². The zero-order valence-electron chi connectivity index (χ0n) is 15.1. The fraction of sp³-hybridized carbons (Fsp3) is 0.444. The summed E-state index contributed by atoms with van der Waals surface area (Å²) in [6.07, 6.45) is -2.16. The number of nitrogens with one attached hydrogen (secondary N) is 2. The molecular weight excluding hydrogens is 352 g/mol. The Morgan fingerprint density at radius 2 is 1.96 bits per heavy atom. The highest BCUT2D eigenvalue weighted by molar-refractivity contribution is 5.86. The molecule has 0 aliphatic heterocycles. The highest BCUT2D eigenvalue weighted by atomic mass is 16.5. The molecule has 0 heterocycles. The van der Waals surface area contributed by atoms with Crippen LogP contribution < -0.4 is 16.4 Å². The van der Waals surface area contributed by atoms with Crippen molar-refractivity contribution in [3.8, 4) is 6.07 Å². The Morgan fingerprint density at radius 3 is 2.56 bits per heavy atom. The first-order chi connectivity index (χ1) is 12.8. The second-order valence-electron chi connectivity index (χ2n) is 6.09. The molecule has 9 heteroatoms. The van der Waals surface area contributed by atoms with Crippen molar-refractivity contribution < 1.29 is 24.2 Å². The van der Waals surface area contributed by atoms with Crippen LogP contribution in [0.3, 0.4) is 0 Å². The van der Waals surface area contributed by atoms with Gasteiger partial charge in [0.1, 0.15) is 12.6 Å². The van der Waals surface area contributed by atoms with Crippen molar-refractivity contribution in [3.05, 3.63) is 35.9 Å². The molecule has 0 spiro atoms. The van der Waals surface area contributed by atoms with Crippen LogP contribution in [0.1, 0.15) is 25.3 Å². The summed E-state index contributed by atoms with van der Waals surface area (Å²) < 4.78 is 4.98. The minimum atomic E-state index is -1.17. The molecule has 0 aromatic heterocycles. The van der Waals surface area contributed by atoms with Gasteiger partial charge in [-0.15, -0.1) is 0 Å². The van der Waals surface area contributed by atoms with E-state index in [4.69, 9.17) is 15.7 Å². The topological polar surface area (TPSA) is 155 Å². The van der Waals surface area contributed by atoms with Crippen molar-refractivity contribution in [3.63, 3.8) is 0 Å². The molecular formula is C18H24N4O5. The van der Waals surface area contributed by atoms with Gasteiger partial charge >= 0.3 is 6.09 Å². The van der Waals surface area contributed by atoms with Gasteiger partial charge in [-0.3, -0.25) is 9.59 Å². The molecule has 0 aliphatic carbocycles. The fourth-order valence-electron chi connectivity index (χ4n) is 2.17. The van der Waals surface area contributed by atoms with Crippen molar-refractivity contribution in [1.82, 2.24) is 10.6 Å². The third-order valence-corrected chi connectivity index (χ3v) is 3.60. The van der Waals surface area contributed by atoms with E-state index in [0.29, 0.717) is 0 Å². The summed E-state index contributed by atoms with van der Waals surface area (Å²) in [4.78, 5) is 34.8. The Hall–Kier alpha value is -3.12. The average molecular weight is 376 g/mol. The summed E-state index contributed by atoms with van der Waals surface area (Å²) in [5.41, 5.74) is 6.02. The minimum Gasteiger partial charge on any atom is -0.445 e. The van der Waals surface area contributed by atoms with Gasteiger partial charge in [-0.2, -0.15) is 5.26 Å². The number of hydrogen-bond acceptors (Lipinski definition) is 6. The number of nitrogens with two attached hydrogens (primary N) is 1. The predicted molar refractivity (Wildman–Crippen MR) is 95.8 cm³/mol. The molecule has 0 radical (unpaired) electrons. The first-order valence-corrected chi connectivity index (χ1v) is 8.42. The second kappa shape index (κ2) is 11.5. The molecule has 1 aromatic carbocycles. The van der Waals surface area contributed by atoms with E-state index in [1.54, 1.807) is 19.1 Å². The van der Waals surface area contributed by atoms with Crippen molar-refractivity contribution in [2.45, 2.75) is 38.5 Å². The Kier molecular flexibility index (Phi) is 9.33. The lowest BCUT2D eigenvalue weighted by Crippen LogP contribution is -2.46. The quantitative estimate of drug-likeness (QED) is 0.457. The number of amides is 3.